The molecule has 2 rings (SSSR count). The Bertz CT molecular complexity index is 469. The van der Waals surface area contributed by atoms with E-state index in [1.54, 1.807) is 0 Å². The summed E-state index contributed by atoms with van der Waals surface area (Å²) in [5, 5.41) is 15.4. The molecule has 1 fully saturated rings. The molecule has 1 saturated heterocycles. The molecule has 1 aliphatic heterocycles. The number of carbonyl (C=O) groups is 1. The van der Waals surface area contributed by atoms with Crippen LogP contribution in [0.3, 0.4) is 0 Å². The molecule has 2 heterocycles. The molecule has 2 N–H and O–H groups in total. The Kier molecular flexibility index (Phi) is 7.22. The van der Waals surface area contributed by atoms with E-state index in [0.717, 1.165) is 30.9 Å². The van der Waals surface area contributed by atoms with Crippen LogP contribution in [0.25, 0.3) is 0 Å². The Morgan fingerprint density at radius 2 is 2.00 bits per heavy atom. The van der Waals surface area contributed by atoms with E-state index in [0.29, 0.717) is 5.13 Å². The molecule has 22 heavy (non-hydrogen) atoms. The average molecular weight is 327 g/mol. The van der Waals surface area contributed by atoms with Gasteiger partial charge in [0, 0.05) is 18.0 Å². The number of amides is 2. The van der Waals surface area contributed by atoms with Gasteiger partial charge in [0.2, 0.25) is 5.13 Å². The molecule has 0 unspecified atom stereocenters. The first-order valence-corrected chi connectivity index (χ1v) is 8.76. The number of likely N-dealkylation sites (tertiary alicyclic amines) is 1. The van der Waals surface area contributed by atoms with Crippen LogP contribution in [0, 0.1) is 0 Å². The lowest BCUT2D eigenvalue weighted by atomic mass is 9.98. The van der Waals surface area contributed by atoms with Gasteiger partial charge in [-0.05, 0) is 26.4 Å². The van der Waals surface area contributed by atoms with Gasteiger partial charge in [0.15, 0.2) is 0 Å². The summed E-state index contributed by atoms with van der Waals surface area (Å²) in [6, 6.07) is 0.0191. The van der Waals surface area contributed by atoms with E-state index in [2.05, 4.69) is 53.5 Å². The molecule has 0 aliphatic carbocycles. The van der Waals surface area contributed by atoms with Crippen LogP contribution in [-0.4, -0.2) is 47.3 Å². The Morgan fingerprint density at radius 3 is 2.55 bits per heavy atom. The molecule has 0 saturated carbocycles. The van der Waals surface area contributed by atoms with Crippen molar-refractivity contribution in [2.45, 2.75) is 58.9 Å². The molecule has 1 aromatic heterocycles. The lowest BCUT2D eigenvalue weighted by Crippen LogP contribution is -2.47. The molecule has 1 aliphatic rings. The van der Waals surface area contributed by atoms with Crippen molar-refractivity contribution in [1.82, 2.24) is 20.4 Å². The van der Waals surface area contributed by atoms with Crippen molar-refractivity contribution < 1.29 is 4.79 Å². The van der Waals surface area contributed by atoms with Crippen molar-refractivity contribution in [3.05, 3.63) is 5.01 Å². The minimum Gasteiger partial charge on any atom is -0.334 e. The first-order valence-electron chi connectivity index (χ1n) is 7.94. The Labute approximate surface area is 137 Å². The lowest BCUT2D eigenvalue weighted by molar-refractivity contribution is 0.216. The summed E-state index contributed by atoms with van der Waals surface area (Å²) in [5.41, 5.74) is -0.0415. The third-order valence-corrected chi connectivity index (χ3v) is 4.51. The SMILES string of the molecule is CC.CN1CCC[C@@H](NC(=O)Nc2nnc(C(C)(C)C)s2)C1. The fourth-order valence-corrected chi connectivity index (χ4v) is 2.98. The summed E-state index contributed by atoms with van der Waals surface area (Å²) >= 11 is 1.43. The van der Waals surface area contributed by atoms with E-state index in [1.165, 1.54) is 11.3 Å². The first kappa shape index (κ1) is 18.8. The summed E-state index contributed by atoms with van der Waals surface area (Å²) in [6.45, 7) is 12.2. The molecule has 0 radical (unpaired) electrons. The van der Waals surface area contributed by atoms with Crippen LogP contribution in [-0.2, 0) is 5.41 Å². The molecule has 2 amide bonds. The van der Waals surface area contributed by atoms with Crippen molar-refractivity contribution in [1.29, 1.82) is 0 Å². The third kappa shape index (κ3) is 5.88. The monoisotopic (exact) mass is 327 g/mol. The molecular weight excluding hydrogens is 298 g/mol. The van der Waals surface area contributed by atoms with Gasteiger partial charge in [0.1, 0.15) is 5.01 Å². The smallest absolute Gasteiger partial charge is 0.321 e. The Morgan fingerprint density at radius 1 is 1.32 bits per heavy atom. The minimum absolute atomic E-state index is 0.0415. The number of hydrogen-bond acceptors (Lipinski definition) is 5. The zero-order valence-electron chi connectivity index (χ0n) is 14.6. The van der Waals surface area contributed by atoms with Crippen molar-refractivity contribution in [3.8, 4) is 0 Å². The van der Waals surface area contributed by atoms with Crippen molar-refractivity contribution >= 4 is 22.5 Å². The maximum absolute atomic E-state index is 11.9. The standard InChI is InChI=1S/C13H23N5OS.C2H6/c1-13(2,3)10-16-17-12(20-10)15-11(19)14-9-6-5-7-18(4)8-9;1-2/h9H,5-8H2,1-4H3,(H2,14,15,17,19);1-2H3/t9-;/m1./s1. The highest BCUT2D eigenvalue weighted by Crippen LogP contribution is 2.27. The number of hydrogen-bond donors (Lipinski definition) is 2. The number of likely N-dealkylation sites (N-methyl/N-ethyl adjacent to an activating group) is 1. The largest absolute Gasteiger partial charge is 0.334 e. The molecule has 6 nitrogen and oxygen atoms in total. The molecular formula is C15H29N5OS. The number of rotatable bonds is 2. The van der Waals surface area contributed by atoms with E-state index >= 15 is 0 Å². The van der Waals surface area contributed by atoms with Crippen LogP contribution in [0.5, 0.6) is 0 Å². The zero-order valence-corrected chi connectivity index (χ0v) is 15.4. The molecule has 126 valence electrons. The number of nitrogens with zero attached hydrogens (tertiary/aromatic N) is 3. The number of nitrogens with one attached hydrogen (secondary N) is 2. The molecule has 7 heteroatoms. The molecule has 0 bridgehead atoms. The van der Waals surface area contributed by atoms with Crippen LogP contribution in [0.1, 0.15) is 52.5 Å². The second kappa shape index (κ2) is 8.43. The van der Waals surface area contributed by atoms with Gasteiger partial charge in [-0.2, -0.15) is 0 Å². The van der Waals surface area contributed by atoms with Gasteiger partial charge in [-0.1, -0.05) is 46.0 Å². The minimum atomic E-state index is -0.193. The topological polar surface area (TPSA) is 70.2 Å². The molecule has 1 aromatic rings. The summed E-state index contributed by atoms with van der Waals surface area (Å²) in [7, 11) is 2.08. The second-order valence-electron chi connectivity index (χ2n) is 6.36. The number of piperidine rings is 1. The fourth-order valence-electron chi connectivity index (χ4n) is 2.18. The zero-order chi connectivity index (χ0) is 16.8. The van der Waals surface area contributed by atoms with Gasteiger partial charge in [0.25, 0.3) is 0 Å². The quantitative estimate of drug-likeness (QED) is 0.876. The molecule has 0 aromatic carbocycles. The van der Waals surface area contributed by atoms with Crippen molar-refractivity contribution in [2.24, 2.45) is 0 Å². The fraction of sp³-hybridized carbons (Fsp3) is 0.800. The maximum atomic E-state index is 11.9. The van der Waals surface area contributed by atoms with E-state index in [4.69, 9.17) is 0 Å². The van der Waals surface area contributed by atoms with E-state index < -0.39 is 0 Å². The number of anilines is 1. The summed E-state index contributed by atoms with van der Waals surface area (Å²) in [4.78, 5) is 14.2. The first-order chi connectivity index (χ1) is 10.3. The summed E-state index contributed by atoms with van der Waals surface area (Å²) in [6.07, 6.45) is 2.15. The predicted octanol–water partition coefficient (Wildman–Crippen LogP) is 3.08. The third-order valence-electron chi connectivity index (χ3n) is 3.25. The Hall–Kier alpha value is -1.21. The van der Waals surface area contributed by atoms with E-state index in [-0.39, 0.29) is 17.5 Å². The van der Waals surface area contributed by atoms with E-state index in [1.807, 2.05) is 13.8 Å². The van der Waals surface area contributed by atoms with Crippen molar-refractivity contribution in [3.63, 3.8) is 0 Å². The van der Waals surface area contributed by atoms with Crippen LogP contribution >= 0.6 is 11.3 Å². The number of urea groups is 1. The highest BCUT2D eigenvalue weighted by molar-refractivity contribution is 7.15. The lowest BCUT2D eigenvalue weighted by Gasteiger charge is -2.29. The van der Waals surface area contributed by atoms with Gasteiger partial charge in [0.05, 0.1) is 0 Å². The van der Waals surface area contributed by atoms with Crippen LogP contribution in [0.4, 0.5) is 9.93 Å². The van der Waals surface area contributed by atoms with Crippen LogP contribution in [0.2, 0.25) is 0 Å². The second-order valence-corrected chi connectivity index (χ2v) is 7.34. The van der Waals surface area contributed by atoms with Crippen molar-refractivity contribution in [2.75, 3.05) is 25.5 Å². The Balaban J connectivity index is 0.00000116. The average Bonchev–Trinajstić information content (AvgIpc) is 2.89. The van der Waals surface area contributed by atoms with Gasteiger partial charge in [-0.3, -0.25) is 5.32 Å². The van der Waals surface area contributed by atoms with Gasteiger partial charge in [-0.25, -0.2) is 4.79 Å². The van der Waals surface area contributed by atoms with Crippen LogP contribution < -0.4 is 10.6 Å². The van der Waals surface area contributed by atoms with E-state index in [9.17, 15) is 4.79 Å². The highest BCUT2D eigenvalue weighted by Gasteiger charge is 2.22. The van der Waals surface area contributed by atoms with Crippen LogP contribution in [0.15, 0.2) is 0 Å². The van der Waals surface area contributed by atoms with Gasteiger partial charge < -0.3 is 10.2 Å². The summed E-state index contributed by atoms with van der Waals surface area (Å²) < 4.78 is 0. The van der Waals surface area contributed by atoms with Gasteiger partial charge >= 0.3 is 6.03 Å². The number of aromatic nitrogens is 2. The summed E-state index contributed by atoms with van der Waals surface area (Å²) in [5.74, 6) is 0. The predicted molar refractivity (Wildman–Crippen MR) is 92.6 cm³/mol. The maximum Gasteiger partial charge on any atom is 0.321 e. The highest BCUT2D eigenvalue weighted by atomic mass is 32.1. The molecule has 1 atom stereocenters. The molecule has 0 spiro atoms. The van der Waals surface area contributed by atoms with Gasteiger partial charge in [-0.15, -0.1) is 10.2 Å². The normalized spacial score (nSPS) is 19.1. The number of carbonyl (C=O) groups excluding carboxylic acids is 1.